The van der Waals surface area contributed by atoms with E-state index >= 15 is 0 Å². The maximum absolute atomic E-state index is 14.0. The van der Waals surface area contributed by atoms with E-state index in [1.165, 1.54) is 28.0 Å². The van der Waals surface area contributed by atoms with E-state index in [2.05, 4.69) is 15.4 Å². The number of benzene rings is 1. The molecular weight excluding hydrogens is 429 g/mol. The van der Waals surface area contributed by atoms with Gasteiger partial charge in [0.1, 0.15) is 5.82 Å². The molecule has 0 atom stereocenters. The zero-order valence-corrected chi connectivity index (χ0v) is 18.0. The molecule has 1 aromatic carbocycles. The molecule has 1 fully saturated rings. The number of carbonyl (C=O) groups excluding carboxylic acids is 1. The van der Waals surface area contributed by atoms with Gasteiger partial charge in [0.2, 0.25) is 20.9 Å². The topological polar surface area (TPSA) is 96.7 Å². The normalized spacial score (nSPS) is 16.2. The van der Waals surface area contributed by atoms with E-state index < -0.39 is 10.0 Å². The molecule has 1 amide bonds. The van der Waals surface area contributed by atoms with E-state index in [4.69, 9.17) is 0 Å². The summed E-state index contributed by atoms with van der Waals surface area (Å²) in [6.45, 7) is 1.19. The Kier molecular flexibility index (Phi) is 5.85. The van der Waals surface area contributed by atoms with Crippen LogP contribution in [0.25, 0.3) is 16.3 Å². The number of aromatic nitrogens is 3. The zero-order valence-electron chi connectivity index (χ0n) is 16.4. The molecule has 1 aliphatic heterocycles. The van der Waals surface area contributed by atoms with Crippen molar-refractivity contribution in [2.45, 2.75) is 19.3 Å². The number of nitrogens with one attached hydrogen (secondary N) is 1. The quantitative estimate of drug-likeness (QED) is 0.618. The molecular formula is C19H22FN5O3S2. The first-order valence-electron chi connectivity index (χ1n) is 9.64. The second-order valence-electron chi connectivity index (χ2n) is 7.31. The summed E-state index contributed by atoms with van der Waals surface area (Å²) in [5.74, 6) is -0.265. The predicted octanol–water partition coefficient (Wildman–Crippen LogP) is 1.93. The monoisotopic (exact) mass is 451 g/mol. The molecule has 0 saturated carbocycles. The molecule has 0 bridgehead atoms. The maximum atomic E-state index is 14.0. The summed E-state index contributed by atoms with van der Waals surface area (Å²) in [5, 5.41) is 9.28. The number of nitrogens with zero attached hydrogens (tertiary/aromatic N) is 4. The summed E-state index contributed by atoms with van der Waals surface area (Å²) < 4.78 is 40.2. The van der Waals surface area contributed by atoms with Gasteiger partial charge in [0.05, 0.1) is 17.5 Å². The Labute approximate surface area is 177 Å². The van der Waals surface area contributed by atoms with Crippen LogP contribution in [0.3, 0.4) is 0 Å². The number of sulfonamides is 1. The Bertz CT molecular complexity index is 1170. The van der Waals surface area contributed by atoms with Crippen molar-refractivity contribution >= 4 is 32.2 Å². The fourth-order valence-corrected chi connectivity index (χ4v) is 5.29. The number of amides is 1. The lowest BCUT2D eigenvalue weighted by atomic mass is 9.97. The van der Waals surface area contributed by atoms with Crippen LogP contribution in [0, 0.1) is 11.7 Å². The highest BCUT2D eigenvalue weighted by Crippen LogP contribution is 2.23. The summed E-state index contributed by atoms with van der Waals surface area (Å²) in [5.41, 5.74) is 1.24. The van der Waals surface area contributed by atoms with Crippen LogP contribution in [0.4, 0.5) is 4.39 Å². The molecule has 0 radical (unpaired) electrons. The minimum atomic E-state index is -3.20. The molecule has 1 saturated heterocycles. The molecule has 30 heavy (non-hydrogen) atoms. The van der Waals surface area contributed by atoms with Crippen LogP contribution in [-0.2, 0) is 21.2 Å². The molecule has 3 aromatic rings. The Morgan fingerprint density at radius 1 is 1.30 bits per heavy atom. The van der Waals surface area contributed by atoms with Gasteiger partial charge in [0.25, 0.3) is 0 Å². The van der Waals surface area contributed by atoms with Gasteiger partial charge in [-0.1, -0.05) is 12.1 Å². The van der Waals surface area contributed by atoms with Gasteiger partial charge < -0.3 is 5.32 Å². The van der Waals surface area contributed by atoms with E-state index in [1.807, 2.05) is 5.38 Å². The molecule has 8 nitrogen and oxygen atoms in total. The van der Waals surface area contributed by atoms with Gasteiger partial charge in [-0.3, -0.25) is 4.79 Å². The van der Waals surface area contributed by atoms with Gasteiger partial charge in [-0.15, -0.1) is 16.4 Å². The number of fused-ring (bicyclic) bond motifs is 1. The van der Waals surface area contributed by atoms with Crippen LogP contribution < -0.4 is 5.32 Å². The molecule has 3 heterocycles. The van der Waals surface area contributed by atoms with Crippen molar-refractivity contribution in [3.63, 3.8) is 0 Å². The number of hydrogen-bond acceptors (Lipinski definition) is 6. The standard InChI is InChI=1S/C19H22FN5O3S2/c1-30(27,28)24-10-7-13(8-11-24)18(26)21-9-6-14-12-29-19-22-17(23-25(14)19)15-4-2-3-5-16(15)20/h2-5,12-13H,6-11H2,1H3,(H,21,26). The lowest BCUT2D eigenvalue weighted by Crippen LogP contribution is -2.42. The molecule has 160 valence electrons. The highest BCUT2D eigenvalue weighted by Gasteiger charge is 2.28. The summed E-state index contributed by atoms with van der Waals surface area (Å²) in [6.07, 6.45) is 2.80. The average molecular weight is 452 g/mol. The van der Waals surface area contributed by atoms with Gasteiger partial charge in [-0.05, 0) is 25.0 Å². The minimum Gasteiger partial charge on any atom is -0.355 e. The lowest BCUT2D eigenvalue weighted by Gasteiger charge is -2.29. The fraction of sp³-hybridized carbons (Fsp3) is 0.421. The molecule has 4 rings (SSSR count). The van der Waals surface area contributed by atoms with Crippen LogP contribution in [0.1, 0.15) is 18.5 Å². The minimum absolute atomic E-state index is 0.0553. The van der Waals surface area contributed by atoms with Crippen LogP contribution in [0.2, 0.25) is 0 Å². The van der Waals surface area contributed by atoms with Crippen molar-refractivity contribution in [1.29, 1.82) is 0 Å². The van der Waals surface area contributed by atoms with Crippen LogP contribution in [0.15, 0.2) is 29.6 Å². The van der Waals surface area contributed by atoms with Crippen LogP contribution in [-0.4, -0.2) is 59.1 Å². The smallest absolute Gasteiger partial charge is 0.223 e. The maximum Gasteiger partial charge on any atom is 0.223 e. The molecule has 2 aromatic heterocycles. The van der Waals surface area contributed by atoms with Crippen LogP contribution in [0.5, 0.6) is 0 Å². The first kappa shape index (κ1) is 20.9. The van der Waals surface area contributed by atoms with Crippen molar-refractivity contribution in [3.8, 4) is 11.4 Å². The summed E-state index contributed by atoms with van der Waals surface area (Å²) in [7, 11) is -3.20. The molecule has 1 N–H and O–H groups in total. The van der Waals surface area contributed by atoms with Gasteiger partial charge in [-0.25, -0.2) is 21.6 Å². The molecule has 0 aliphatic carbocycles. The average Bonchev–Trinajstić information content (AvgIpc) is 3.29. The van der Waals surface area contributed by atoms with E-state index in [0.29, 0.717) is 55.2 Å². The molecule has 1 aliphatic rings. The van der Waals surface area contributed by atoms with Crippen molar-refractivity contribution in [2.24, 2.45) is 5.92 Å². The van der Waals surface area contributed by atoms with Crippen molar-refractivity contribution in [2.75, 3.05) is 25.9 Å². The number of carbonyl (C=O) groups is 1. The van der Waals surface area contributed by atoms with Gasteiger partial charge >= 0.3 is 0 Å². The Morgan fingerprint density at radius 3 is 2.73 bits per heavy atom. The van der Waals surface area contributed by atoms with Gasteiger partial charge in [-0.2, -0.15) is 4.98 Å². The van der Waals surface area contributed by atoms with Gasteiger partial charge in [0.15, 0.2) is 5.82 Å². The lowest BCUT2D eigenvalue weighted by molar-refractivity contribution is -0.126. The first-order chi connectivity index (χ1) is 14.3. The first-order valence-corrected chi connectivity index (χ1v) is 12.4. The largest absolute Gasteiger partial charge is 0.355 e. The van der Waals surface area contributed by atoms with E-state index in [9.17, 15) is 17.6 Å². The van der Waals surface area contributed by atoms with Crippen LogP contribution >= 0.6 is 11.3 Å². The third-order valence-corrected chi connectivity index (χ3v) is 7.41. The number of halogens is 1. The van der Waals surface area contributed by atoms with Crippen molar-refractivity contribution < 1.29 is 17.6 Å². The third kappa shape index (κ3) is 4.37. The van der Waals surface area contributed by atoms with E-state index in [-0.39, 0.29) is 17.6 Å². The van der Waals surface area contributed by atoms with Crippen molar-refractivity contribution in [3.05, 3.63) is 41.2 Å². The molecule has 0 spiro atoms. The Hall–Kier alpha value is -2.37. The number of thiazole rings is 1. The second-order valence-corrected chi connectivity index (χ2v) is 10.1. The molecule has 0 unspecified atom stereocenters. The Balaban J connectivity index is 1.34. The van der Waals surface area contributed by atoms with Crippen molar-refractivity contribution in [1.82, 2.24) is 24.2 Å². The second kappa shape index (κ2) is 8.40. The van der Waals surface area contributed by atoms with E-state index in [0.717, 1.165) is 5.69 Å². The predicted molar refractivity (Wildman–Crippen MR) is 112 cm³/mol. The summed E-state index contributed by atoms with van der Waals surface area (Å²) in [4.78, 5) is 17.5. The Morgan fingerprint density at radius 2 is 2.03 bits per heavy atom. The third-order valence-electron chi connectivity index (χ3n) is 5.24. The molecule has 11 heteroatoms. The number of hydrogen-bond donors (Lipinski definition) is 1. The summed E-state index contributed by atoms with van der Waals surface area (Å²) >= 11 is 1.42. The SMILES string of the molecule is CS(=O)(=O)N1CCC(C(=O)NCCc2csc3nc(-c4ccccc4F)nn23)CC1. The van der Waals surface area contributed by atoms with E-state index in [1.54, 1.807) is 22.7 Å². The zero-order chi connectivity index (χ0) is 21.3. The van der Waals surface area contributed by atoms with Gasteiger partial charge in [0, 0.05) is 37.4 Å². The highest BCUT2D eigenvalue weighted by molar-refractivity contribution is 7.88. The fourth-order valence-electron chi connectivity index (χ4n) is 3.56. The highest BCUT2D eigenvalue weighted by atomic mass is 32.2. The number of rotatable bonds is 6. The summed E-state index contributed by atoms with van der Waals surface area (Å²) in [6, 6.07) is 6.38. The number of piperidine rings is 1.